The zero-order chi connectivity index (χ0) is 21.2. The highest BCUT2D eigenvalue weighted by Gasteiger charge is 2.27. The van der Waals surface area contributed by atoms with Gasteiger partial charge < -0.3 is 5.32 Å². The second-order valence-electron chi connectivity index (χ2n) is 7.55. The highest BCUT2D eigenvalue weighted by atomic mass is 32.2. The first-order valence-corrected chi connectivity index (χ1v) is 11.5. The number of amides is 2. The molecule has 2 amide bonds. The maximum atomic E-state index is 14.8. The van der Waals surface area contributed by atoms with Crippen LogP contribution in [0.2, 0.25) is 0 Å². The number of hydroxylamine groups is 2. The minimum atomic E-state index is -0.544. The Labute approximate surface area is 175 Å². The van der Waals surface area contributed by atoms with Crippen LogP contribution in [0.15, 0.2) is 5.16 Å². The third-order valence-electron chi connectivity index (χ3n) is 5.34. The summed E-state index contributed by atoms with van der Waals surface area (Å²) >= 11 is 1.33. The van der Waals surface area contributed by atoms with Crippen molar-refractivity contribution in [3.05, 3.63) is 17.2 Å². The summed E-state index contributed by atoms with van der Waals surface area (Å²) in [5.41, 5.74) is 0.542. The standard InChI is InChI=1S/C20H31FN4O3S/c1-3-4-9-16-18(21)17(24-20(23-16)29-2)11-22-19(27)15(12-25(28)13-26)10-14-7-5-6-8-14/h13-15,28H,3-12H2,1-2H3,(H,22,27)/t15-/m1/s1. The van der Waals surface area contributed by atoms with Gasteiger partial charge in [-0.2, -0.15) is 0 Å². The van der Waals surface area contributed by atoms with Crippen molar-refractivity contribution in [2.45, 2.75) is 70.0 Å². The van der Waals surface area contributed by atoms with Crippen molar-refractivity contribution in [1.82, 2.24) is 20.3 Å². The molecule has 1 aromatic heterocycles. The van der Waals surface area contributed by atoms with E-state index in [2.05, 4.69) is 15.3 Å². The van der Waals surface area contributed by atoms with E-state index < -0.39 is 11.7 Å². The molecule has 1 fully saturated rings. The minimum absolute atomic E-state index is 0.0481. The third kappa shape index (κ3) is 7.22. The lowest BCUT2D eigenvalue weighted by Crippen LogP contribution is -2.38. The number of unbranched alkanes of at least 4 members (excludes halogenated alkanes) is 1. The molecule has 0 aromatic carbocycles. The lowest BCUT2D eigenvalue weighted by atomic mass is 9.92. The van der Waals surface area contributed by atoms with Gasteiger partial charge in [-0.3, -0.25) is 14.8 Å². The molecular formula is C20H31FN4O3S. The second-order valence-corrected chi connectivity index (χ2v) is 8.32. The van der Waals surface area contributed by atoms with E-state index in [1.807, 2.05) is 13.2 Å². The fourth-order valence-corrected chi connectivity index (χ4v) is 4.14. The molecule has 29 heavy (non-hydrogen) atoms. The average Bonchev–Trinajstić information content (AvgIpc) is 3.24. The molecule has 162 valence electrons. The maximum Gasteiger partial charge on any atom is 0.233 e. The van der Waals surface area contributed by atoms with E-state index >= 15 is 0 Å². The Morgan fingerprint density at radius 2 is 2.07 bits per heavy atom. The van der Waals surface area contributed by atoms with Crippen LogP contribution in [0.1, 0.15) is 63.3 Å². The number of halogens is 1. The largest absolute Gasteiger partial charge is 0.350 e. The summed E-state index contributed by atoms with van der Waals surface area (Å²) in [6, 6.07) is 0. The van der Waals surface area contributed by atoms with E-state index in [-0.39, 0.29) is 24.7 Å². The average molecular weight is 427 g/mol. The molecule has 9 heteroatoms. The van der Waals surface area contributed by atoms with Gasteiger partial charge in [0.1, 0.15) is 5.69 Å². The monoisotopic (exact) mass is 426 g/mol. The molecule has 0 unspecified atom stereocenters. The number of aryl methyl sites for hydroxylation is 1. The van der Waals surface area contributed by atoms with Crippen LogP contribution in [0, 0.1) is 17.7 Å². The number of hydrogen-bond donors (Lipinski definition) is 2. The van der Waals surface area contributed by atoms with Crippen molar-refractivity contribution < 1.29 is 19.2 Å². The van der Waals surface area contributed by atoms with E-state index in [4.69, 9.17) is 0 Å². The van der Waals surface area contributed by atoms with Gasteiger partial charge in [0, 0.05) is 0 Å². The zero-order valence-corrected chi connectivity index (χ0v) is 18.0. The van der Waals surface area contributed by atoms with Crippen molar-refractivity contribution >= 4 is 24.1 Å². The SMILES string of the molecule is CCCCc1nc(SC)nc(CNC(=O)[C@H](CC2CCCC2)CN(O)C=O)c1F. The van der Waals surface area contributed by atoms with Gasteiger partial charge >= 0.3 is 0 Å². The van der Waals surface area contributed by atoms with Gasteiger partial charge in [-0.05, 0) is 31.4 Å². The van der Waals surface area contributed by atoms with E-state index in [0.717, 1.165) is 38.5 Å². The quantitative estimate of drug-likeness (QED) is 0.175. The van der Waals surface area contributed by atoms with E-state index in [0.29, 0.717) is 41.1 Å². The minimum Gasteiger partial charge on any atom is -0.350 e. The maximum absolute atomic E-state index is 14.8. The number of thioether (sulfide) groups is 1. The van der Waals surface area contributed by atoms with Gasteiger partial charge in [0.05, 0.1) is 24.7 Å². The molecule has 0 radical (unpaired) electrons. The van der Waals surface area contributed by atoms with Crippen molar-refractivity contribution in [3.63, 3.8) is 0 Å². The zero-order valence-electron chi connectivity index (χ0n) is 17.2. The molecule has 0 saturated heterocycles. The summed E-state index contributed by atoms with van der Waals surface area (Å²) < 4.78 is 14.8. The summed E-state index contributed by atoms with van der Waals surface area (Å²) in [6.07, 6.45) is 9.39. The number of nitrogens with one attached hydrogen (secondary N) is 1. The highest BCUT2D eigenvalue weighted by Crippen LogP contribution is 2.30. The van der Waals surface area contributed by atoms with E-state index in [1.54, 1.807) is 0 Å². The summed E-state index contributed by atoms with van der Waals surface area (Å²) in [5, 5.41) is 13.3. The van der Waals surface area contributed by atoms with Gasteiger partial charge in [-0.25, -0.2) is 19.4 Å². The van der Waals surface area contributed by atoms with Crippen molar-refractivity contribution in [3.8, 4) is 0 Å². The summed E-state index contributed by atoms with van der Waals surface area (Å²) in [6.45, 7) is 1.91. The predicted molar refractivity (Wildman–Crippen MR) is 109 cm³/mol. The van der Waals surface area contributed by atoms with Crippen molar-refractivity contribution in [2.75, 3.05) is 12.8 Å². The van der Waals surface area contributed by atoms with Gasteiger partial charge in [0.15, 0.2) is 11.0 Å². The first-order chi connectivity index (χ1) is 14.0. The van der Waals surface area contributed by atoms with Crippen LogP contribution < -0.4 is 5.32 Å². The Balaban J connectivity index is 2.07. The predicted octanol–water partition coefficient (Wildman–Crippen LogP) is 3.34. The molecule has 1 aliphatic carbocycles. The van der Waals surface area contributed by atoms with Crippen molar-refractivity contribution in [2.24, 2.45) is 11.8 Å². The molecule has 0 bridgehead atoms. The van der Waals surface area contributed by atoms with Crippen LogP contribution >= 0.6 is 11.8 Å². The van der Waals surface area contributed by atoms with Crippen LogP contribution in [0.4, 0.5) is 4.39 Å². The Kier molecular flexibility index (Phi) is 9.80. The van der Waals surface area contributed by atoms with Gasteiger partial charge in [0.2, 0.25) is 12.3 Å². The molecule has 2 N–H and O–H groups in total. The Morgan fingerprint density at radius 3 is 2.69 bits per heavy atom. The molecule has 7 nitrogen and oxygen atoms in total. The summed E-state index contributed by atoms with van der Waals surface area (Å²) in [7, 11) is 0. The fourth-order valence-electron chi connectivity index (χ4n) is 3.74. The number of hydrogen-bond acceptors (Lipinski definition) is 6. The number of rotatable bonds is 12. The number of aromatic nitrogens is 2. The van der Waals surface area contributed by atoms with Crippen LogP contribution in [-0.2, 0) is 22.6 Å². The lowest BCUT2D eigenvalue weighted by molar-refractivity contribution is -0.155. The number of carbonyl (C=O) groups excluding carboxylic acids is 2. The molecule has 0 aliphatic heterocycles. The van der Waals surface area contributed by atoms with Crippen LogP contribution in [0.5, 0.6) is 0 Å². The lowest BCUT2D eigenvalue weighted by Gasteiger charge is -2.22. The summed E-state index contributed by atoms with van der Waals surface area (Å²) in [5.74, 6) is -0.916. The van der Waals surface area contributed by atoms with Crippen LogP contribution in [0.25, 0.3) is 0 Å². The molecule has 1 atom stereocenters. The first kappa shape index (κ1) is 23.5. The number of nitrogens with zero attached hydrogens (tertiary/aromatic N) is 3. The Bertz CT molecular complexity index is 686. The molecular weight excluding hydrogens is 395 g/mol. The Hall–Kier alpha value is -1.74. The molecule has 0 spiro atoms. The Morgan fingerprint density at radius 1 is 1.38 bits per heavy atom. The summed E-state index contributed by atoms with van der Waals surface area (Å²) in [4.78, 5) is 32.0. The third-order valence-corrected chi connectivity index (χ3v) is 5.89. The van der Waals surface area contributed by atoms with Crippen LogP contribution in [-0.4, -0.2) is 45.4 Å². The number of carbonyl (C=O) groups is 2. The smallest absolute Gasteiger partial charge is 0.233 e. The van der Waals surface area contributed by atoms with Crippen LogP contribution in [0.3, 0.4) is 0 Å². The molecule has 2 rings (SSSR count). The normalized spacial score (nSPS) is 15.3. The van der Waals surface area contributed by atoms with E-state index in [9.17, 15) is 19.2 Å². The van der Waals surface area contributed by atoms with E-state index in [1.165, 1.54) is 11.8 Å². The highest BCUT2D eigenvalue weighted by molar-refractivity contribution is 7.98. The first-order valence-electron chi connectivity index (χ1n) is 10.3. The second kappa shape index (κ2) is 12.1. The van der Waals surface area contributed by atoms with Gasteiger partial charge in [0.25, 0.3) is 0 Å². The molecule has 1 heterocycles. The molecule has 1 aromatic rings. The topological polar surface area (TPSA) is 95.4 Å². The molecule has 1 saturated carbocycles. The fraction of sp³-hybridized carbons (Fsp3) is 0.700. The van der Waals surface area contributed by atoms with Gasteiger partial charge in [-0.15, -0.1) is 0 Å². The van der Waals surface area contributed by atoms with Crippen molar-refractivity contribution in [1.29, 1.82) is 0 Å². The molecule has 1 aliphatic rings. The van der Waals surface area contributed by atoms with Gasteiger partial charge in [-0.1, -0.05) is 50.8 Å².